The van der Waals surface area contributed by atoms with Crippen molar-refractivity contribution in [1.82, 2.24) is 4.90 Å². The minimum atomic E-state index is -0.507. The predicted molar refractivity (Wildman–Crippen MR) is 79.4 cm³/mol. The Balaban J connectivity index is 2.11. The van der Waals surface area contributed by atoms with Gasteiger partial charge < -0.3 is 14.6 Å². The normalized spacial score (nSPS) is 19.9. The molecular weight excluding hydrogens is 254 g/mol. The van der Waals surface area contributed by atoms with E-state index >= 15 is 0 Å². The van der Waals surface area contributed by atoms with E-state index in [0.717, 1.165) is 12.1 Å². The lowest BCUT2D eigenvalue weighted by Crippen LogP contribution is -2.40. The molecule has 0 saturated carbocycles. The number of benzene rings is 1. The first kappa shape index (κ1) is 15.1. The molecule has 0 radical (unpaired) electrons. The van der Waals surface area contributed by atoms with Crippen LogP contribution in [-0.4, -0.2) is 42.9 Å². The highest BCUT2D eigenvalue weighted by atomic mass is 16.5. The number of aliphatic hydroxyl groups excluding tert-OH is 1. The molecule has 2 rings (SSSR count). The maximum absolute atomic E-state index is 10.5. The third-order valence-electron chi connectivity index (χ3n) is 4.26. The van der Waals surface area contributed by atoms with E-state index in [1.807, 2.05) is 18.2 Å². The summed E-state index contributed by atoms with van der Waals surface area (Å²) in [7, 11) is 3.22. The monoisotopic (exact) mass is 279 g/mol. The van der Waals surface area contributed by atoms with Gasteiger partial charge in [-0.05, 0) is 50.9 Å². The number of hydrogen-bond donors (Lipinski definition) is 1. The highest BCUT2D eigenvalue weighted by Gasteiger charge is 2.33. The summed E-state index contributed by atoms with van der Waals surface area (Å²) in [5.41, 5.74) is 1.04. The van der Waals surface area contributed by atoms with E-state index in [-0.39, 0.29) is 5.54 Å². The number of methoxy groups -OCH3 is 2. The van der Waals surface area contributed by atoms with Crippen LogP contribution in [0.3, 0.4) is 0 Å². The Morgan fingerprint density at radius 1 is 1.25 bits per heavy atom. The molecule has 1 saturated heterocycles. The minimum absolute atomic E-state index is 0.178. The summed E-state index contributed by atoms with van der Waals surface area (Å²) in [4.78, 5) is 2.36. The van der Waals surface area contributed by atoms with Gasteiger partial charge in [0.25, 0.3) is 0 Å². The largest absolute Gasteiger partial charge is 0.493 e. The molecule has 1 aromatic carbocycles. The third kappa shape index (κ3) is 3.07. The zero-order chi connectivity index (χ0) is 14.8. The van der Waals surface area contributed by atoms with Crippen molar-refractivity contribution in [3.63, 3.8) is 0 Å². The van der Waals surface area contributed by atoms with Crippen LogP contribution in [0, 0.1) is 0 Å². The van der Waals surface area contributed by atoms with E-state index in [9.17, 15) is 5.11 Å². The first-order valence-electron chi connectivity index (χ1n) is 7.13. The molecule has 0 spiro atoms. The van der Waals surface area contributed by atoms with Gasteiger partial charge >= 0.3 is 0 Å². The average Bonchev–Trinajstić information content (AvgIpc) is 2.77. The van der Waals surface area contributed by atoms with Crippen LogP contribution in [0.15, 0.2) is 18.2 Å². The van der Waals surface area contributed by atoms with Crippen molar-refractivity contribution < 1.29 is 14.6 Å². The van der Waals surface area contributed by atoms with Crippen LogP contribution in [-0.2, 0) is 0 Å². The Morgan fingerprint density at radius 2 is 1.95 bits per heavy atom. The van der Waals surface area contributed by atoms with Gasteiger partial charge in [-0.25, -0.2) is 0 Å². The van der Waals surface area contributed by atoms with Crippen molar-refractivity contribution in [2.24, 2.45) is 0 Å². The highest BCUT2D eigenvalue weighted by molar-refractivity contribution is 5.43. The molecule has 1 heterocycles. The summed E-state index contributed by atoms with van der Waals surface area (Å²) < 4.78 is 10.5. The summed E-state index contributed by atoms with van der Waals surface area (Å²) >= 11 is 0. The fraction of sp³-hybridized carbons (Fsp3) is 0.625. The van der Waals surface area contributed by atoms with E-state index in [1.165, 1.54) is 12.8 Å². The van der Waals surface area contributed by atoms with Gasteiger partial charge in [-0.1, -0.05) is 6.07 Å². The van der Waals surface area contributed by atoms with Crippen molar-refractivity contribution in [3.8, 4) is 11.5 Å². The Hall–Kier alpha value is -1.26. The lowest BCUT2D eigenvalue weighted by molar-refractivity contribution is 0.0777. The Bertz CT molecular complexity index is 459. The van der Waals surface area contributed by atoms with Crippen LogP contribution in [0.1, 0.15) is 38.4 Å². The van der Waals surface area contributed by atoms with E-state index in [1.54, 1.807) is 14.2 Å². The molecule has 1 N–H and O–H groups in total. The molecule has 1 aliphatic rings. The number of ether oxygens (including phenoxy) is 2. The van der Waals surface area contributed by atoms with Crippen LogP contribution >= 0.6 is 0 Å². The van der Waals surface area contributed by atoms with Crippen molar-refractivity contribution in [2.45, 2.75) is 38.3 Å². The van der Waals surface area contributed by atoms with Gasteiger partial charge in [0.15, 0.2) is 11.5 Å². The second-order valence-electron chi connectivity index (χ2n) is 5.99. The molecule has 0 bridgehead atoms. The second kappa shape index (κ2) is 6.02. The smallest absolute Gasteiger partial charge is 0.161 e. The lowest BCUT2D eigenvalue weighted by atomic mass is 10.0. The SMILES string of the molecule is COc1ccc(C(O)CN2CCCC2(C)C)cc1OC. The number of β-amino-alcohol motifs (C(OH)–C–C–N with tert-alkyl or cyclic N) is 1. The van der Waals surface area contributed by atoms with Crippen LogP contribution in [0.25, 0.3) is 0 Å². The summed E-state index contributed by atoms with van der Waals surface area (Å²) in [6.07, 6.45) is 1.88. The maximum atomic E-state index is 10.5. The van der Waals surface area contributed by atoms with E-state index in [2.05, 4.69) is 18.7 Å². The van der Waals surface area contributed by atoms with Crippen LogP contribution in [0.2, 0.25) is 0 Å². The first-order chi connectivity index (χ1) is 9.47. The van der Waals surface area contributed by atoms with Gasteiger partial charge in [-0.2, -0.15) is 0 Å². The van der Waals surface area contributed by atoms with Gasteiger partial charge in [0.05, 0.1) is 20.3 Å². The molecule has 0 amide bonds. The summed E-state index contributed by atoms with van der Waals surface area (Å²) in [6, 6.07) is 5.59. The Morgan fingerprint density at radius 3 is 2.50 bits per heavy atom. The van der Waals surface area contributed by atoms with Crippen molar-refractivity contribution in [3.05, 3.63) is 23.8 Å². The van der Waals surface area contributed by atoms with E-state index in [0.29, 0.717) is 18.0 Å². The molecule has 0 aliphatic carbocycles. The fourth-order valence-electron chi connectivity index (χ4n) is 2.88. The predicted octanol–water partition coefficient (Wildman–Crippen LogP) is 2.61. The zero-order valence-electron chi connectivity index (χ0n) is 12.8. The highest BCUT2D eigenvalue weighted by Crippen LogP contribution is 2.33. The number of aliphatic hydroxyl groups is 1. The zero-order valence-corrected chi connectivity index (χ0v) is 12.8. The molecule has 1 fully saturated rings. The van der Waals surface area contributed by atoms with Gasteiger partial charge in [-0.15, -0.1) is 0 Å². The Labute approximate surface area is 121 Å². The maximum Gasteiger partial charge on any atom is 0.161 e. The molecule has 4 heteroatoms. The summed E-state index contributed by atoms with van der Waals surface area (Å²) in [5.74, 6) is 1.34. The summed E-state index contributed by atoms with van der Waals surface area (Å²) in [5, 5.41) is 10.5. The molecule has 4 nitrogen and oxygen atoms in total. The molecular formula is C16H25NO3. The third-order valence-corrected chi connectivity index (χ3v) is 4.26. The topological polar surface area (TPSA) is 41.9 Å². The van der Waals surface area contributed by atoms with Gasteiger partial charge in [0, 0.05) is 12.1 Å². The fourth-order valence-corrected chi connectivity index (χ4v) is 2.88. The lowest BCUT2D eigenvalue weighted by Gasteiger charge is -2.33. The standard InChI is InChI=1S/C16H25NO3/c1-16(2)8-5-9-17(16)11-13(18)12-6-7-14(19-3)15(10-12)20-4/h6-7,10,13,18H,5,8-9,11H2,1-4H3. The molecule has 0 aromatic heterocycles. The van der Waals surface area contributed by atoms with E-state index < -0.39 is 6.10 Å². The van der Waals surface area contributed by atoms with Crippen molar-refractivity contribution in [2.75, 3.05) is 27.3 Å². The van der Waals surface area contributed by atoms with E-state index in [4.69, 9.17) is 9.47 Å². The van der Waals surface area contributed by atoms with Crippen molar-refractivity contribution in [1.29, 1.82) is 0 Å². The number of likely N-dealkylation sites (tertiary alicyclic amines) is 1. The summed E-state index contributed by atoms with van der Waals surface area (Å²) in [6.45, 7) is 6.18. The molecule has 112 valence electrons. The van der Waals surface area contributed by atoms with Gasteiger partial charge in [-0.3, -0.25) is 4.90 Å². The number of rotatable bonds is 5. The molecule has 1 unspecified atom stereocenters. The average molecular weight is 279 g/mol. The van der Waals surface area contributed by atoms with Gasteiger partial charge in [0.1, 0.15) is 0 Å². The number of hydrogen-bond acceptors (Lipinski definition) is 4. The molecule has 1 atom stereocenters. The minimum Gasteiger partial charge on any atom is -0.493 e. The van der Waals surface area contributed by atoms with Crippen LogP contribution in [0.4, 0.5) is 0 Å². The molecule has 1 aromatic rings. The van der Waals surface area contributed by atoms with Crippen LogP contribution < -0.4 is 9.47 Å². The molecule has 1 aliphatic heterocycles. The van der Waals surface area contributed by atoms with Gasteiger partial charge in [0.2, 0.25) is 0 Å². The van der Waals surface area contributed by atoms with Crippen LogP contribution in [0.5, 0.6) is 11.5 Å². The molecule has 20 heavy (non-hydrogen) atoms. The first-order valence-corrected chi connectivity index (χ1v) is 7.13. The quantitative estimate of drug-likeness (QED) is 0.899. The number of nitrogens with zero attached hydrogens (tertiary/aromatic N) is 1. The van der Waals surface area contributed by atoms with Crippen molar-refractivity contribution >= 4 is 0 Å². The Kier molecular flexibility index (Phi) is 4.55. The second-order valence-corrected chi connectivity index (χ2v) is 5.99.